The zero-order valence-electron chi connectivity index (χ0n) is 7.96. The van der Waals surface area contributed by atoms with Crippen molar-refractivity contribution in [3.05, 3.63) is 35.6 Å². The Bertz CT molecular complexity index is 306. The van der Waals surface area contributed by atoms with Gasteiger partial charge in [0, 0.05) is 13.1 Å². The molecule has 1 heterocycles. The summed E-state index contributed by atoms with van der Waals surface area (Å²) in [4.78, 5) is 0. The summed E-state index contributed by atoms with van der Waals surface area (Å²) in [5.74, 6) is -0.210. The van der Waals surface area contributed by atoms with E-state index in [2.05, 4.69) is 5.32 Å². The molecule has 2 N–H and O–H groups in total. The predicted octanol–water partition coefficient (Wildman–Crippen LogP) is 1.09. The van der Waals surface area contributed by atoms with Crippen molar-refractivity contribution in [1.29, 1.82) is 0 Å². The number of rotatable bonds is 3. The van der Waals surface area contributed by atoms with Crippen LogP contribution in [0.25, 0.3) is 0 Å². The van der Waals surface area contributed by atoms with Gasteiger partial charge in [0.05, 0.1) is 5.60 Å². The molecule has 2 rings (SSSR count). The minimum atomic E-state index is -0.533. The molecule has 0 saturated carbocycles. The number of benzene rings is 1. The second-order valence-corrected chi connectivity index (χ2v) is 3.95. The molecule has 1 aliphatic rings. The summed E-state index contributed by atoms with van der Waals surface area (Å²) in [6, 6.07) is 6.45. The van der Waals surface area contributed by atoms with Gasteiger partial charge in [-0.2, -0.15) is 0 Å². The van der Waals surface area contributed by atoms with Crippen LogP contribution < -0.4 is 5.32 Å². The average Bonchev–Trinajstić information content (AvgIpc) is 2.14. The Balaban J connectivity index is 1.88. The van der Waals surface area contributed by atoms with Crippen LogP contribution in [0.15, 0.2) is 24.3 Å². The van der Waals surface area contributed by atoms with Crippen molar-refractivity contribution < 1.29 is 9.50 Å². The minimum absolute atomic E-state index is 0.210. The molecule has 1 aromatic rings. The normalized spacial score (nSPS) is 19.0. The summed E-state index contributed by atoms with van der Waals surface area (Å²) in [6.07, 6.45) is 1.55. The summed E-state index contributed by atoms with van der Waals surface area (Å²) in [5.41, 5.74) is 0.542. The number of β-amino-alcohol motifs (C(OH)–C–C–N with tert-alkyl or cyclic N) is 1. The highest BCUT2D eigenvalue weighted by Gasteiger charge is 2.33. The third-order valence-corrected chi connectivity index (χ3v) is 2.70. The van der Waals surface area contributed by atoms with Crippen LogP contribution in [-0.4, -0.2) is 23.8 Å². The molecule has 76 valence electrons. The van der Waals surface area contributed by atoms with Crippen LogP contribution in [0.5, 0.6) is 0 Å². The smallest absolute Gasteiger partial charge is 0.123 e. The molecular weight excluding hydrogens is 181 g/mol. The summed E-state index contributed by atoms with van der Waals surface area (Å²) in [5, 5.41) is 12.8. The van der Waals surface area contributed by atoms with E-state index in [1.807, 2.05) is 0 Å². The van der Waals surface area contributed by atoms with E-state index in [9.17, 15) is 9.50 Å². The molecule has 0 aromatic heterocycles. The highest BCUT2D eigenvalue weighted by molar-refractivity contribution is 5.16. The molecule has 0 aliphatic carbocycles. The summed E-state index contributed by atoms with van der Waals surface area (Å²) < 4.78 is 12.6. The van der Waals surface area contributed by atoms with Gasteiger partial charge in [-0.25, -0.2) is 4.39 Å². The maximum Gasteiger partial charge on any atom is 0.123 e. The SMILES string of the molecule is OC1(CCc2ccc(F)cc2)CNC1. The van der Waals surface area contributed by atoms with Gasteiger partial charge in [0.15, 0.2) is 0 Å². The molecular formula is C11H14FNO. The first kappa shape index (κ1) is 9.62. The molecule has 3 heteroatoms. The molecule has 0 spiro atoms. The molecule has 0 atom stereocenters. The molecule has 1 aromatic carbocycles. The van der Waals surface area contributed by atoms with E-state index in [1.165, 1.54) is 12.1 Å². The van der Waals surface area contributed by atoms with Crippen molar-refractivity contribution in [2.45, 2.75) is 18.4 Å². The van der Waals surface area contributed by atoms with Gasteiger partial charge in [0.25, 0.3) is 0 Å². The van der Waals surface area contributed by atoms with Crippen molar-refractivity contribution in [1.82, 2.24) is 5.32 Å². The van der Waals surface area contributed by atoms with Gasteiger partial charge in [0.2, 0.25) is 0 Å². The van der Waals surface area contributed by atoms with E-state index < -0.39 is 5.60 Å². The van der Waals surface area contributed by atoms with Crippen LogP contribution in [0.4, 0.5) is 4.39 Å². The molecule has 0 bridgehead atoms. The van der Waals surface area contributed by atoms with Gasteiger partial charge >= 0.3 is 0 Å². The Hall–Kier alpha value is -0.930. The van der Waals surface area contributed by atoms with Crippen LogP contribution in [-0.2, 0) is 6.42 Å². The van der Waals surface area contributed by atoms with Crippen LogP contribution in [0.1, 0.15) is 12.0 Å². The Kier molecular flexibility index (Phi) is 2.52. The molecule has 0 amide bonds. The van der Waals surface area contributed by atoms with Crippen molar-refractivity contribution >= 4 is 0 Å². The van der Waals surface area contributed by atoms with E-state index in [0.717, 1.165) is 18.4 Å². The summed E-state index contributed by atoms with van der Waals surface area (Å²) >= 11 is 0. The predicted molar refractivity (Wildman–Crippen MR) is 52.5 cm³/mol. The highest BCUT2D eigenvalue weighted by Crippen LogP contribution is 2.18. The molecule has 2 nitrogen and oxygen atoms in total. The third-order valence-electron chi connectivity index (χ3n) is 2.70. The Morgan fingerprint density at radius 1 is 1.29 bits per heavy atom. The minimum Gasteiger partial charge on any atom is -0.387 e. The quantitative estimate of drug-likeness (QED) is 0.756. The number of aryl methyl sites for hydroxylation is 1. The van der Waals surface area contributed by atoms with Gasteiger partial charge in [-0.1, -0.05) is 12.1 Å². The lowest BCUT2D eigenvalue weighted by Gasteiger charge is -2.37. The first-order valence-electron chi connectivity index (χ1n) is 4.86. The lowest BCUT2D eigenvalue weighted by Crippen LogP contribution is -2.59. The molecule has 0 unspecified atom stereocenters. The van der Waals surface area contributed by atoms with E-state index in [1.54, 1.807) is 12.1 Å². The first-order chi connectivity index (χ1) is 6.68. The molecule has 1 fully saturated rings. The maximum absolute atomic E-state index is 12.6. The summed E-state index contributed by atoms with van der Waals surface area (Å²) in [6.45, 7) is 1.35. The fourth-order valence-corrected chi connectivity index (χ4v) is 1.62. The van der Waals surface area contributed by atoms with E-state index >= 15 is 0 Å². The van der Waals surface area contributed by atoms with Crippen molar-refractivity contribution in [3.63, 3.8) is 0 Å². The fourth-order valence-electron chi connectivity index (χ4n) is 1.62. The Morgan fingerprint density at radius 3 is 2.43 bits per heavy atom. The van der Waals surface area contributed by atoms with E-state index in [-0.39, 0.29) is 5.82 Å². The van der Waals surface area contributed by atoms with Crippen molar-refractivity contribution in [2.75, 3.05) is 13.1 Å². The standard InChI is InChI=1S/C11H14FNO/c12-10-3-1-9(2-4-10)5-6-11(14)7-13-8-11/h1-4,13-14H,5-8H2. The largest absolute Gasteiger partial charge is 0.387 e. The summed E-state index contributed by atoms with van der Waals surface area (Å²) in [7, 11) is 0. The molecule has 1 aliphatic heterocycles. The van der Waals surface area contributed by atoms with Crippen LogP contribution in [0.3, 0.4) is 0 Å². The van der Waals surface area contributed by atoms with Crippen LogP contribution >= 0.6 is 0 Å². The Labute approximate surface area is 82.8 Å². The topological polar surface area (TPSA) is 32.3 Å². The van der Waals surface area contributed by atoms with Crippen molar-refractivity contribution in [3.8, 4) is 0 Å². The monoisotopic (exact) mass is 195 g/mol. The Morgan fingerprint density at radius 2 is 1.93 bits per heavy atom. The zero-order valence-corrected chi connectivity index (χ0v) is 7.96. The maximum atomic E-state index is 12.6. The average molecular weight is 195 g/mol. The molecule has 1 saturated heterocycles. The van der Waals surface area contributed by atoms with Gasteiger partial charge in [-0.15, -0.1) is 0 Å². The lowest BCUT2D eigenvalue weighted by atomic mass is 9.90. The zero-order chi connectivity index (χ0) is 10.0. The number of halogens is 1. The highest BCUT2D eigenvalue weighted by atomic mass is 19.1. The first-order valence-corrected chi connectivity index (χ1v) is 4.86. The molecule has 0 radical (unpaired) electrons. The number of nitrogens with one attached hydrogen (secondary N) is 1. The van der Waals surface area contributed by atoms with E-state index in [0.29, 0.717) is 13.1 Å². The van der Waals surface area contributed by atoms with Gasteiger partial charge in [-0.3, -0.25) is 0 Å². The van der Waals surface area contributed by atoms with Crippen LogP contribution in [0, 0.1) is 5.82 Å². The second kappa shape index (κ2) is 3.67. The van der Waals surface area contributed by atoms with Gasteiger partial charge < -0.3 is 10.4 Å². The lowest BCUT2D eigenvalue weighted by molar-refractivity contribution is -0.0167. The van der Waals surface area contributed by atoms with Crippen molar-refractivity contribution in [2.24, 2.45) is 0 Å². The number of hydrogen-bond acceptors (Lipinski definition) is 2. The fraction of sp³-hybridized carbons (Fsp3) is 0.455. The van der Waals surface area contributed by atoms with Crippen LogP contribution in [0.2, 0.25) is 0 Å². The third kappa shape index (κ3) is 2.11. The molecule has 14 heavy (non-hydrogen) atoms. The van der Waals surface area contributed by atoms with E-state index in [4.69, 9.17) is 0 Å². The van der Waals surface area contributed by atoms with Gasteiger partial charge in [-0.05, 0) is 30.5 Å². The second-order valence-electron chi connectivity index (χ2n) is 3.95. The number of hydrogen-bond donors (Lipinski definition) is 2. The number of aliphatic hydroxyl groups is 1. The van der Waals surface area contributed by atoms with Gasteiger partial charge in [0.1, 0.15) is 5.82 Å².